The summed E-state index contributed by atoms with van der Waals surface area (Å²) in [5, 5.41) is 15.7. The number of para-hydroxylation sites is 1. The molecule has 10 heteroatoms. The molecule has 0 saturated carbocycles. The maximum absolute atomic E-state index is 12.6. The molecule has 0 spiro atoms. The summed E-state index contributed by atoms with van der Waals surface area (Å²) in [5.74, 6) is 0.285. The summed E-state index contributed by atoms with van der Waals surface area (Å²) in [5.41, 5.74) is 1.77. The van der Waals surface area contributed by atoms with E-state index in [4.69, 9.17) is 23.2 Å². The molecule has 0 aliphatic heterocycles. The van der Waals surface area contributed by atoms with Crippen molar-refractivity contribution in [2.24, 2.45) is 0 Å². The highest BCUT2D eigenvalue weighted by Crippen LogP contribution is 2.25. The third-order valence-electron chi connectivity index (χ3n) is 3.92. The lowest BCUT2D eigenvalue weighted by molar-refractivity contribution is -0.113. The fraction of sp³-hybridized carbons (Fsp3) is 0.200. The van der Waals surface area contributed by atoms with Gasteiger partial charge in [0, 0.05) is 5.75 Å². The number of thioether (sulfide) groups is 1. The number of aromatic nitrogens is 2. The van der Waals surface area contributed by atoms with Crippen molar-refractivity contribution in [1.29, 1.82) is 0 Å². The van der Waals surface area contributed by atoms with E-state index in [1.165, 1.54) is 23.1 Å². The van der Waals surface area contributed by atoms with E-state index in [0.717, 1.165) is 17.0 Å². The molecule has 30 heavy (non-hydrogen) atoms. The van der Waals surface area contributed by atoms with Crippen molar-refractivity contribution in [3.8, 4) is 0 Å². The van der Waals surface area contributed by atoms with E-state index in [2.05, 4.69) is 20.8 Å². The summed E-state index contributed by atoms with van der Waals surface area (Å²) in [4.78, 5) is 25.0. The number of carbonyl (C=O) groups is 2. The molecule has 0 bridgehead atoms. The fourth-order valence-corrected chi connectivity index (χ4v) is 4.25. The molecule has 0 aliphatic rings. The summed E-state index contributed by atoms with van der Waals surface area (Å²) < 4.78 is 0. The van der Waals surface area contributed by atoms with Crippen LogP contribution in [0, 0.1) is 0 Å². The van der Waals surface area contributed by atoms with Crippen molar-refractivity contribution < 1.29 is 9.59 Å². The third kappa shape index (κ3) is 6.18. The van der Waals surface area contributed by atoms with E-state index in [-0.39, 0.29) is 17.6 Å². The average molecular weight is 481 g/mol. The van der Waals surface area contributed by atoms with Crippen LogP contribution in [0.3, 0.4) is 0 Å². The lowest BCUT2D eigenvalue weighted by Gasteiger charge is -2.10. The van der Waals surface area contributed by atoms with Gasteiger partial charge in [-0.25, -0.2) is 0 Å². The molecule has 156 valence electrons. The van der Waals surface area contributed by atoms with E-state index in [1.807, 2.05) is 13.0 Å². The van der Waals surface area contributed by atoms with Crippen LogP contribution in [0.2, 0.25) is 10.0 Å². The highest BCUT2D eigenvalue weighted by molar-refractivity contribution is 7.99. The smallest absolute Gasteiger partial charge is 0.259 e. The summed E-state index contributed by atoms with van der Waals surface area (Å²) in [7, 11) is 0. The number of amides is 2. The first-order valence-electron chi connectivity index (χ1n) is 9.00. The number of benzene rings is 2. The predicted octanol–water partition coefficient (Wildman–Crippen LogP) is 5.53. The topological polar surface area (TPSA) is 84.0 Å². The molecular formula is C20H18Cl2N4O2S2. The van der Waals surface area contributed by atoms with Gasteiger partial charge in [0.1, 0.15) is 5.01 Å². The third-order valence-corrected chi connectivity index (χ3v) is 6.65. The van der Waals surface area contributed by atoms with Gasteiger partial charge in [-0.05, 0) is 36.2 Å². The van der Waals surface area contributed by atoms with Crippen LogP contribution in [0.25, 0.3) is 0 Å². The van der Waals surface area contributed by atoms with E-state index >= 15 is 0 Å². The lowest BCUT2D eigenvalue weighted by atomic mass is 10.1. The highest BCUT2D eigenvalue weighted by atomic mass is 35.5. The highest BCUT2D eigenvalue weighted by Gasteiger charge is 2.15. The number of aryl methyl sites for hydroxylation is 1. The number of carbonyl (C=O) groups excluding carboxylic acids is 2. The zero-order valence-electron chi connectivity index (χ0n) is 15.9. The summed E-state index contributed by atoms with van der Waals surface area (Å²) in [6, 6.07) is 12.2. The van der Waals surface area contributed by atoms with Gasteiger partial charge in [-0.3, -0.25) is 14.9 Å². The summed E-state index contributed by atoms with van der Waals surface area (Å²) in [6.07, 6.45) is 0.750. The Labute approximate surface area is 192 Å². The van der Waals surface area contributed by atoms with Crippen molar-refractivity contribution in [3.63, 3.8) is 0 Å². The van der Waals surface area contributed by atoms with Crippen molar-refractivity contribution in [1.82, 2.24) is 10.2 Å². The first kappa shape index (κ1) is 22.6. The van der Waals surface area contributed by atoms with E-state index in [1.54, 1.807) is 36.4 Å². The number of nitrogens with zero attached hydrogens (tertiary/aromatic N) is 2. The number of anilines is 2. The maximum Gasteiger partial charge on any atom is 0.259 e. The maximum atomic E-state index is 12.6. The Morgan fingerprint density at radius 1 is 1.07 bits per heavy atom. The Morgan fingerprint density at radius 2 is 1.87 bits per heavy atom. The molecule has 0 aliphatic carbocycles. The Hall–Kier alpha value is -2.13. The van der Waals surface area contributed by atoms with Crippen LogP contribution < -0.4 is 10.6 Å². The number of hydrogen-bond acceptors (Lipinski definition) is 6. The molecule has 1 aromatic heterocycles. The zero-order chi connectivity index (χ0) is 21.5. The van der Waals surface area contributed by atoms with Crippen LogP contribution in [-0.2, 0) is 17.0 Å². The summed E-state index contributed by atoms with van der Waals surface area (Å²) in [6.45, 7) is 1.97. The van der Waals surface area contributed by atoms with Gasteiger partial charge in [0.25, 0.3) is 5.91 Å². The Bertz CT molecular complexity index is 1060. The lowest BCUT2D eigenvalue weighted by Crippen LogP contribution is -2.19. The van der Waals surface area contributed by atoms with Gasteiger partial charge in [-0.1, -0.05) is 59.7 Å². The minimum Gasteiger partial charge on any atom is -0.325 e. The number of hydrogen-bond donors (Lipinski definition) is 2. The van der Waals surface area contributed by atoms with Gasteiger partial charge < -0.3 is 5.32 Å². The molecule has 0 fully saturated rings. The van der Waals surface area contributed by atoms with Crippen molar-refractivity contribution >= 4 is 68.9 Å². The standard InChI is InChI=1S/C20H18Cl2N4O2S2/c1-2-18-25-26-20(30-18)24-19(28)13-5-3-4-6-16(13)23-17(27)11-29-10-12-7-8-14(21)15(22)9-12/h3-9H,2,10-11H2,1H3,(H,23,27)(H,24,26,28). The number of halogens is 2. The van der Waals surface area contributed by atoms with Crippen LogP contribution >= 0.6 is 46.3 Å². The summed E-state index contributed by atoms with van der Waals surface area (Å²) >= 11 is 14.7. The van der Waals surface area contributed by atoms with Gasteiger partial charge in [0.2, 0.25) is 11.0 Å². The normalized spacial score (nSPS) is 10.6. The van der Waals surface area contributed by atoms with E-state index in [0.29, 0.717) is 32.2 Å². The molecule has 0 atom stereocenters. The van der Waals surface area contributed by atoms with Crippen molar-refractivity contribution in [2.45, 2.75) is 19.1 Å². The molecule has 2 amide bonds. The molecule has 0 saturated heterocycles. The van der Waals surface area contributed by atoms with Crippen LogP contribution in [0.5, 0.6) is 0 Å². The molecule has 2 N–H and O–H groups in total. The second-order valence-corrected chi connectivity index (χ2v) is 9.01. The van der Waals surface area contributed by atoms with Crippen molar-refractivity contribution in [3.05, 3.63) is 68.6 Å². The van der Waals surface area contributed by atoms with Crippen molar-refractivity contribution in [2.75, 3.05) is 16.4 Å². The first-order valence-corrected chi connectivity index (χ1v) is 11.7. The van der Waals surface area contributed by atoms with Gasteiger partial charge in [-0.15, -0.1) is 22.0 Å². The average Bonchev–Trinajstić information content (AvgIpc) is 3.18. The molecular weight excluding hydrogens is 463 g/mol. The number of nitrogens with one attached hydrogen (secondary N) is 2. The first-order chi connectivity index (χ1) is 14.5. The fourth-order valence-electron chi connectivity index (χ4n) is 2.48. The predicted molar refractivity (Wildman–Crippen MR) is 125 cm³/mol. The second kappa shape index (κ2) is 10.8. The Morgan fingerprint density at radius 3 is 2.60 bits per heavy atom. The van der Waals surface area contributed by atoms with Gasteiger partial charge >= 0.3 is 0 Å². The van der Waals surface area contributed by atoms with Crippen LogP contribution in [-0.4, -0.2) is 27.8 Å². The van der Waals surface area contributed by atoms with Gasteiger partial charge in [-0.2, -0.15) is 0 Å². The van der Waals surface area contributed by atoms with E-state index < -0.39 is 0 Å². The molecule has 3 aromatic rings. The monoisotopic (exact) mass is 480 g/mol. The molecule has 2 aromatic carbocycles. The SMILES string of the molecule is CCc1nnc(NC(=O)c2ccccc2NC(=O)CSCc2ccc(Cl)c(Cl)c2)s1. The molecule has 6 nitrogen and oxygen atoms in total. The minimum absolute atomic E-state index is 0.204. The largest absolute Gasteiger partial charge is 0.325 e. The van der Waals surface area contributed by atoms with E-state index in [9.17, 15) is 9.59 Å². The molecule has 0 radical (unpaired) electrons. The zero-order valence-corrected chi connectivity index (χ0v) is 19.1. The minimum atomic E-state index is -0.354. The Balaban J connectivity index is 1.57. The molecule has 0 unspecified atom stereocenters. The van der Waals surface area contributed by atoms with Gasteiger partial charge in [0.05, 0.1) is 27.0 Å². The number of rotatable bonds is 8. The van der Waals surface area contributed by atoms with Gasteiger partial charge in [0.15, 0.2) is 0 Å². The van der Waals surface area contributed by atoms with Crippen LogP contribution in [0.15, 0.2) is 42.5 Å². The quantitative estimate of drug-likeness (QED) is 0.442. The Kier molecular flexibility index (Phi) is 8.09. The van der Waals surface area contributed by atoms with Crippen LogP contribution in [0.4, 0.5) is 10.8 Å². The molecule has 1 heterocycles. The van der Waals surface area contributed by atoms with Crippen LogP contribution in [0.1, 0.15) is 27.9 Å². The molecule has 3 rings (SSSR count). The second-order valence-electron chi connectivity index (χ2n) is 6.14.